The van der Waals surface area contributed by atoms with Crippen LogP contribution in [0.3, 0.4) is 0 Å². The Bertz CT molecular complexity index is 559. The van der Waals surface area contributed by atoms with Crippen molar-refractivity contribution in [2.75, 3.05) is 27.2 Å². The van der Waals surface area contributed by atoms with Crippen molar-refractivity contribution in [3.8, 4) is 5.75 Å². The number of hydrogen-bond acceptors (Lipinski definition) is 4. The van der Waals surface area contributed by atoms with E-state index in [2.05, 4.69) is 29.4 Å². The molecule has 0 aliphatic heterocycles. The van der Waals surface area contributed by atoms with E-state index in [-0.39, 0.29) is 0 Å². The van der Waals surface area contributed by atoms with Crippen LogP contribution in [0.5, 0.6) is 5.75 Å². The number of thiophene rings is 1. The normalized spacial score (nSPS) is 11.0. The fraction of sp³-hybridized carbons (Fsp3) is 0.375. The fourth-order valence-electron chi connectivity index (χ4n) is 2.13. The molecular formula is C16H21ClN2OS. The van der Waals surface area contributed by atoms with Crippen molar-refractivity contribution in [3.63, 3.8) is 0 Å². The number of methoxy groups -OCH3 is 1. The fourth-order valence-corrected chi connectivity index (χ4v) is 3.19. The zero-order valence-corrected chi connectivity index (χ0v) is 14.0. The molecule has 0 radical (unpaired) electrons. The predicted molar refractivity (Wildman–Crippen MR) is 90.4 cm³/mol. The molecule has 0 amide bonds. The number of nitrogens with zero attached hydrogens (tertiary/aromatic N) is 1. The summed E-state index contributed by atoms with van der Waals surface area (Å²) in [5.74, 6) is 0.950. The van der Waals surface area contributed by atoms with Crippen LogP contribution < -0.4 is 10.1 Å². The van der Waals surface area contributed by atoms with Gasteiger partial charge in [-0.05, 0) is 25.2 Å². The minimum Gasteiger partial charge on any atom is -0.496 e. The summed E-state index contributed by atoms with van der Waals surface area (Å²) in [4.78, 5) is 3.55. The van der Waals surface area contributed by atoms with E-state index in [1.165, 1.54) is 10.4 Å². The molecule has 0 aliphatic carbocycles. The minimum absolute atomic E-state index is 0.847. The van der Waals surface area contributed by atoms with Gasteiger partial charge in [-0.25, -0.2) is 0 Å². The number of para-hydroxylation sites is 1. The SMILES string of the molecule is COc1ccccc1CN(C)CCNCc1ccc(Cl)s1. The van der Waals surface area contributed by atoms with E-state index in [9.17, 15) is 0 Å². The van der Waals surface area contributed by atoms with Gasteiger partial charge < -0.3 is 15.0 Å². The molecule has 114 valence electrons. The number of nitrogens with one attached hydrogen (secondary N) is 1. The van der Waals surface area contributed by atoms with E-state index >= 15 is 0 Å². The van der Waals surface area contributed by atoms with Crippen LogP contribution in [0, 0.1) is 0 Å². The lowest BCUT2D eigenvalue weighted by atomic mass is 10.2. The molecule has 5 heteroatoms. The van der Waals surface area contributed by atoms with Gasteiger partial charge in [-0.15, -0.1) is 11.3 Å². The van der Waals surface area contributed by atoms with Gasteiger partial charge in [-0.1, -0.05) is 29.8 Å². The maximum Gasteiger partial charge on any atom is 0.123 e. The third-order valence-corrected chi connectivity index (χ3v) is 4.46. The maximum absolute atomic E-state index is 5.91. The lowest BCUT2D eigenvalue weighted by Gasteiger charge is -2.18. The molecule has 1 aromatic carbocycles. The molecule has 0 spiro atoms. The van der Waals surface area contributed by atoms with Crippen LogP contribution in [-0.2, 0) is 13.1 Å². The quantitative estimate of drug-likeness (QED) is 0.750. The smallest absolute Gasteiger partial charge is 0.123 e. The van der Waals surface area contributed by atoms with E-state index in [0.29, 0.717) is 0 Å². The van der Waals surface area contributed by atoms with Crippen molar-refractivity contribution in [2.24, 2.45) is 0 Å². The Balaban J connectivity index is 1.71. The zero-order chi connectivity index (χ0) is 15.1. The molecule has 0 aliphatic rings. The number of hydrogen-bond donors (Lipinski definition) is 1. The summed E-state index contributed by atoms with van der Waals surface area (Å²) in [6.07, 6.45) is 0. The first-order valence-corrected chi connectivity index (χ1v) is 8.14. The van der Waals surface area contributed by atoms with Crippen LogP contribution in [0.25, 0.3) is 0 Å². The number of ether oxygens (including phenoxy) is 1. The highest BCUT2D eigenvalue weighted by Gasteiger charge is 2.05. The molecule has 2 rings (SSSR count). The molecule has 0 atom stereocenters. The van der Waals surface area contributed by atoms with Crippen LogP contribution in [0.4, 0.5) is 0 Å². The first kappa shape index (κ1) is 16.3. The Labute approximate surface area is 135 Å². The van der Waals surface area contributed by atoms with Crippen LogP contribution in [0.2, 0.25) is 4.34 Å². The third kappa shape index (κ3) is 5.32. The van der Waals surface area contributed by atoms with Crippen LogP contribution in [0.1, 0.15) is 10.4 Å². The molecule has 0 saturated heterocycles. The average molecular weight is 325 g/mol. The van der Waals surface area contributed by atoms with Crippen LogP contribution in [-0.4, -0.2) is 32.1 Å². The van der Waals surface area contributed by atoms with Crippen molar-refractivity contribution < 1.29 is 4.74 Å². The molecule has 2 aromatic rings. The molecule has 0 saturated carbocycles. The maximum atomic E-state index is 5.91. The minimum atomic E-state index is 0.847. The molecular weight excluding hydrogens is 304 g/mol. The van der Waals surface area contributed by atoms with E-state index in [0.717, 1.165) is 36.3 Å². The van der Waals surface area contributed by atoms with Crippen molar-refractivity contribution in [1.29, 1.82) is 0 Å². The second-order valence-corrected chi connectivity index (χ2v) is 6.73. The van der Waals surface area contributed by atoms with Gasteiger partial charge >= 0.3 is 0 Å². The largest absolute Gasteiger partial charge is 0.496 e. The van der Waals surface area contributed by atoms with Gasteiger partial charge in [0.25, 0.3) is 0 Å². The Morgan fingerprint density at radius 3 is 2.76 bits per heavy atom. The van der Waals surface area contributed by atoms with Gasteiger partial charge in [0.15, 0.2) is 0 Å². The molecule has 1 heterocycles. The topological polar surface area (TPSA) is 24.5 Å². The van der Waals surface area contributed by atoms with Gasteiger partial charge in [-0.2, -0.15) is 0 Å². The molecule has 1 N–H and O–H groups in total. The monoisotopic (exact) mass is 324 g/mol. The molecule has 3 nitrogen and oxygen atoms in total. The highest BCUT2D eigenvalue weighted by molar-refractivity contribution is 7.16. The van der Waals surface area contributed by atoms with Gasteiger partial charge in [0.2, 0.25) is 0 Å². The van der Waals surface area contributed by atoms with Crippen molar-refractivity contribution in [3.05, 3.63) is 51.2 Å². The van der Waals surface area contributed by atoms with Crippen LogP contribution in [0.15, 0.2) is 36.4 Å². The van der Waals surface area contributed by atoms with E-state index in [1.807, 2.05) is 24.3 Å². The number of benzene rings is 1. The summed E-state index contributed by atoms with van der Waals surface area (Å²) in [7, 11) is 3.84. The average Bonchev–Trinajstić information content (AvgIpc) is 2.90. The standard InChI is InChI=1S/C16H21ClN2OS/c1-19(12-13-5-3-4-6-15(13)20-2)10-9-18-11-14-7-8-16(17)21-14/h3-8,18H,9-12H2,1-2H3. The molecule has 0 unspecified atom stereocenters. The molecule has 0 bridgehead atoms. The summed E-state index contributed by atoms with van der Waals surface area (Å²) in [5.41, 5.74) is 1.22. The summed E-state index contributed by atoms with van der Waals surface area (Å²) >= 11 is 7.54. The van der Waals surface area contributed by atoms with Crippen molar-refractivity contribution >= 4 is 22.9 Å². The predicted octanol–water partition coefficient (Wildman–Crippen LogP) is 3.63. The zero-order valence-electron chi connectivity index (χ0n) is 12.4. The highest BCUT2D eigenvalue weighted by Crippen LogP contribution is 2.21. The lowest BCUT2D eigenvalue weighted by Crippen LogP contribution is -2.28. The summed E-state index contributed by atoms with van der Waals surface area (Å²) in [6.45, 7) is 3.69. The molecule has 21 heavy (non-hydrogen) atoms. The molecule has 1 aromatic heterocycles. The Kier molecular flexibility index (Phi) is 6.51. The molecule has 0 fully saturated rings. The second kappa shape index (κ2) is 8.39. The Hall–Kier alpha value is -1.07. The highest BCUT2D eigenvalue weighted by atomic mass is 35.5. The number of likely N-dealkylation sites (N-methyl/N-ethyl adjacent to an activating group) is 1. The lowest BCUT2D eigenvalue weighted by molar-refractivity contribution is 0.315. The van der Waals surface area contributed by atoms with E-state index in [1.54, 1.807) is 18.4 Å². The second-order valence-electron chi connectivity index (χ2n) is 4.93. The Morgan fingerprint density at radius 2 is 2.05 bits per heavy atom. The van der Waals surface area contributed by atoms with Gasteiger partial charge in [0.05, 0.1) is 11.4 Å². The summed E-state index contributed by atoms with van der Waals surface area (Å²) < 4.78 is 6.23. The first-order valence-electron chi connectivity index (χ1n) is 6.94. The van der Waals surface area contributed by atoms with Gasteiger partial charge in [-0.3, -0.25) is 0 Å². The van der Waals surface area contributed by atoms with Gasteiger partial charge in [0, 0.05) is 36.6 Å². The number of rotatable bonds is 8. The number of halogens is 1. The first-order chi connectivity index (χ1) is 10.2. The third-order valence-electron chi connectivity index (χ3n) is 3.23. The van der Waals surface area contributed by atoms with Gasteiger partial charge in [0.1, 0.15) is 5.75 Å². The van der Waals surface area contributed by atoms with Crippen molar-refractivity contribution in [2.45, 2.75) is 13.1 Å². The Morgan fingerprint density at radius 1 is 1.24 bits per heavy atom. The van der Waals surface area contributed by atoms with E-state index < -0.39 is 0 Å². The van der Waals surface area contributed by atoms with Crippen molar-refractivity contribution in [1.82, 2.24) is 10.2 Å². The summed E-state index contributed by atoms with van der Waals surface area (Å²) in [6, 6.07) is 12.2. The van der Waals surface area contributed by atoms with E-state index in [4.69, 9.17) is 16.3 Å². The van der Waals surface area contributed by atoms with Crippen LogP contribution >= 0.6 is 22.9 Å². The summed E-state index contributed by atoms with van der Waals surface area (Å²) in [5, 5.41) is 3.44.